The third kappa shape index (κ3) is 0.956. The van der Waals surface area contributed by atoms with E-state index in [1.54, 1.807) is 0 Å². The average molecular weight is 183 g/mol. The van der Waals surface area contributed by atoms with Gasteiger partial charge in [-0.25, -0.2) is 0 Å². The summed E-state index contributed by atoms with van der Waals surface area (Å²) in [6.45, 7) is 0. The largest absolute Gasteiger partial charge is 0.367 e. The average Bonchev–Trinajstić information content (AvgIpc) is 2.85. The summed E-state index contributed by atoms with van der Waals surface area (Å²) in [5, 5.41) is 8.46. The van der Waals surface area contributed by atoms with E-state index in [0.717, 1.165) is 22.2 Å². The van der Waals surface area contributed by atoms with Gasteiger partial charge in [-0.05, 0) is 12.1 Å². The SMILES string of the molecule is c1ccc2c(-c3cc[nH]c3)n[nH]c2c1. The molecule has 0 aliphatic heterocycles. The van der Waals surface area contributed by atoms with Crippen LogP contribution < -0.4 is 0 Å². The summed E-state index contributed by atoms with van der Waals surface area (Å²) in [6, 6.07) is 10.1. The number of benzene rings is 1. The molecule has 2 aromatic heterocycles. The molecule has 0 saturated heterocycles. The molecule has 3 nitrogen and oxygen atoms in total. The second-order valence-corrected chi connectivity index (χ2v) is 3.22. The predicted octanol–water partition coefficient (Wildman–Crippen LogP) is 2.56. The van der Waals surface area contributed by atoms with Gasteiger partial charge in [0, 0.05) is 23.3 Å². The second kappa shape index (κ2) is 2.73. The molecule has 0 saturated carbocycles. The number of nitrogens with one attached hydrogen (secondary N) is 2. The summed E-state index contributed by atoms with van der Waals surface area (Å²) in [5.74, 6) is 0. The lowest BCUT2D eigenvalue weighted by Gasteiger charge is -1.91. The number of hydrogen-bond donors (Lipinski definition) is 2. The minimum atomic E-state index is 1.00. The highest BCUT2D eigenvalue weighted by atomic mass is 15.1. The first-order chi connectivity index (χ1) is 6.95. The molecule has 0 radical (unpaired) electrons. The van der Waals surface area contributed by atoms with Crippen molar-refractivity contribution in [3.63, 3.8) is 0 Å². The van der Waals surface area contributed by atoms with Crippen molar-refractivity contribution < 1.29 is 0 Å². The molecule has 3 aromatic rings. The first kappa shape index (κ1) is 7.38. The molecule has 0 aliphatic rings. The number of aromatic nitrogens is 3. The van der Waals surface area contributed by atoms with Gasteiger partial charge >= 0.3 is 0 Å². The van der Waals surface area contributed by atoms with Crippen molar-refractivity contribution in [3.8, 4) is 11.3 Å². The Balaban J connectivity index is 2.33. The van der Waals surface area contributed by atoms with Gasteiger partial charge in [-0.3, -0.25) is 5.10 Å². The summed E-state index contributed by atoms with van der Waals surface area (Å²) in [4.78, 5) is 3.03. The van der Waals surface area contributed by atoms with Crippen LogP contribution >= 0.6 is 0 Å². The van der Waals surface area contributed by atoms with Gasteiger partial charge < -0.3 is 4.98 Å². The van der Waals surface area contributed by atoms with E-state index in [4.69, 9.17) is 0 Å². The van der Waals surface area contributed by atoms with Crippen LogP contribution in [0.4, 0.5) is 0 Å². The summed E-state index contributed by atoms with van der Waals surface area (Å²) < 4.78 is 0. The summed E-state index contributed by atoms with van der Waals surface area (Å²) in [5.41, 5.74) is 3.19. The fourth-order valence-electron chi connectivity index (χ4n) is 1.65. The molecular formula is C11H9N3. The fourth-order valence-corrected chi connectivity index (χ4v) is 1.65. The fraction of sp³-hybridized carbons (Fsp3) is 0. The molecule has 0 unspecified atom stereocenters. The topological polar surface area (TPSA) is 44.5 Å². The number of para-hydroxylation sites is 1. The van der Waals surface area contributed by atoms with Crippen molar-refractivity contribution in [2.45, 2.75) is 0 Å². The standard InChI is InChI=1S/C11H9N3/c1-2-4-10-9(3-1)11(14-13-10)8-5-6-12-7-8/h1-7,12H,(H,13,14). The first-order valence-electron chi connectivity index (χ1n) is 4.51. The van der Waals surface area contributed by atoms with Crippen LogP contribution in [0.15, 0.2) is 42.7 Å². The third-order valence-electron chi connectivity index (χ3n) is 2.34. The van der Waals surface area contributed by atoms with Gasteiger partial charge in [0.25, 0.3) is 0 Å². The summed E-state index contributed by atoms with van der Waals surface area (Å²) in [6.07, 6.45) is 3.85. The van der Waals surface area contributed by atoms with Crippen LogP contribution in [0, 0.1) is 0 Å². The highest BCUT2D eigenvalue weighted by Gasteiger charge is 2.06. The lowest BCUT2D eigenvalue weighted by molar-refractivity contribution is 1.12. The third-order valence-corrected chi connectivity index (χ3v) is 2.34. The Labute approximate surface area is 80.8 Å². The van der Waals surface area contributed by atoms with Crippen LogP contribution in [-0.4, -0.2) is 15.2 Å². The van der Waals surface area contributed by atoms with Crippen LogP contribution in [0.25, 0.3) is 22.2 Å². The molecule has 3 heteroatoms. The van der Waals surface area contributed by atoms with Gasteiger partial charge in [0.05, 0.1) is 5.52 Å². The number of nitrogens with zero attached hydrogens (tertiary/aromatic N) is 1. The molecule has 0 aliphatic carbocycles. The molecule has 0 spiro atoms. The van der Waals surface area contributed by atoms with E-state index in [1.165, 1.54) is 0 Å². The summed E-state index contributed by atoms with van der Waals surface area (Å²) in [7, 11) is 0. The van der Waals surface area contributed by atoms with E-state index in [-0.39, 0.29) is 0 Å². The van der Waals surface area contributed by atoms with Gasteiger partial charge in [0.15, 0.2) is 0 Å². The molecule has 68 valence electrons. The first-order valence-corrected chi connectivity index (χ1v) is 4.51. The Morgan fingerprint density at radius 1 is 1.07 bits per heavy atom. The molecule has 1 aromatic carbocycles. The van der Waals surface area contributed by atoms with Gasteiger partial charge in [-0.1, -0.05) is 18.2 Å². The smallest absolute Gasteiger partial charge is 0.101 e. The molecule has 0 amide bonds. The minimum Gasteiger partial charge on any atom is -0.367 e. The number of aromatic amines is 2. The Kier molecular flexibility index (Phi) is 1.44. The van der Waals surface area contributed by atoms with E-state index in [0.29, 0.717) is 0 Å². The van der Waals surface area contributed by atoms with Crippen LogP contribution in [0.3, 0.4) is 0 Å². The van der Waals surface area contributed by atoms with Crippen molar-refractivity contribution in [2.24, 2.45) is 0 Å². The zero-order chi connectivity index (χ0) is 9.38. The summed E-state index contributed by atoms with van der Waals surface area (Å²) >= 11 is 0. The Morgan fingerprint density at radius 2 is 2.00 bits per heavy atom. The zero-order valence-electron chi connectivity index (χ0n) is 7.49. The molecule has 3 rings (SSSR count). The number of rotatable bonds is 1. The van der Waals surface area contributed by atoms with Crippen molar-refractivity contribution >= 4 is 10.9 Å². The van der Waals surface area contributed by atoms with Crippen molar-refractivity contribution in [2.75, 3.05) is 0 Å². The molecule has 14 heavy (non-hydrogen) atoms. The van der Waals surface area contributed by atoms with E-state index < -0.39 is 0 Å². The van der Waals surface area contributed by atoms with Gasteiger partial charge in [0.1, 0.15) is 5.69 Å². The quantitative estimate of drug-likeness (QED) is 0.598. The Bertz CT molecular complexity index is 549. The van der Waals surface area contributed by atoms with Crippen molar-refractivity contribution in [3.05, 3.63) is 42.7 Å². The van der Waals surface area contributed by atoms with Gasteiger partial charge in [-0.15, -0.1) is 0 Å². The maximum Gasteiger partial charge on any atom is 0.101 e. The highest BCUT2D eigenvalue weighted by Crippen LogP contribution is 2.24. The maximum atomic E-state index is 4.29. The normalized spacial score (nSPS) is 10.9. The lowest BCUT2D eigenvalue weighted by Crippen LogP contribution is -1.73. The van der Waals surface area contributed by atoms with Crippen LogP contribution in [0.2, 0.25) is 0 Å². The Hall–Kier alpha value is -2.03. The Morgan fingerprint density at radius 3 is 2.86 bits per heavy atom. The lowest BCUT2D eigenvalue weighted by atomic mass is 10.1. The molecule has 2 N–H and O–H groups in total. The minimum absolute atomic E-state index is 1.00. The molecule has 0 fully saturated rings. The van der Waals surface area contributed by atoms with Crippen LogP contribution in [0.1, 0.15) is 0 Å². The van der Waals surface area contributed by atoms with E-state index in [1.807, 2.05) is 36.7 Å². The highest BCUT2D eigenvalue weighted by molar-refractivity contribution is 5.92. The van der Waals surface area contributed by atoms with E-state index in [2.05, 4.69) is 21.2 Å². The van der Waals surface area contributed by atoms with E-state index >= 15 is 0 Å². The monoisotopic (exact) mass is 183 g/mol. The van der Waals surface area contributed by atoms with Crippen LogP contribution in [-0.2, 0) is 0 Å². The molecule has 0 atom stereocenters. The molecule has 2 heterocycles. The maximum absolute atomic E-state index is 4.29. The predicted molar refractivity (Wildman–Crippen MR) is 55.9 cm³/mol. The van der Waals surface area contributed by atoms with E-state index in [9.17, 15) is 0 Å². The molecular weight excluding hydrogens is 174 g/mol. The zero-order valence-corrected chi connectivity index (χ0v) is 7.49. The molecule has 0 bridgehead atoms. The number of H-pyrrole nitrogens is 2. The van der Waals surface area contributed by atoms with Crippen molar-refractivity contribution in [1.29, 1.82) is 0 Å². The number of fused-ring (bicyclic) bond motifs is 1. The second-order valence-electron chi connectivity index (χ2n) is 3.22. The van der Waals surface area contributed by atoms with Crippen molar-refractivity contribution in [1.82, 2.24) is 15.2 Å². The number of hydrogen-bond acceptors (Lipinski definition) is 1. The van der Waals surface area contributed by atoms with Gasteiger partial charge in [0.2, 0.25) is 0 Å². The van der Waals surface area contributed by atoms with Crippen LogP contribution in [0.5, 0.6) is 0 Å². The van der Waals surface area contributed by atoms with Gasteiger partial charge in [-0.2, -0.15) is 5.10 Å².